The molecular formula is C18H21F2N3. The zero-order valence-corrected chi connectivity index (χ0v) is 13.8. The second-order valence-electron chi connectivity index (χ2n) is 5.50. The molecule has 0 aliphatic rings. The number of nitrogens with one attached hydrogen (secondary N) is 1. The molecule has 0 spiro atoms. The van der Waals surface area contributed by atoms with Crippen molar-refractivity contribution in [2.24, 2.45) is 4.99 Å². The number of halogens is 2. The maximum atomic E-state index is 14.2. The molecular weight excluding hydrogens is 296 g/mol. The van der Waals surface area contributed by atoms with E-state index in [0.29, 0.717) is 16.9 Å². The lowest BCUT2D eigenvalue weighted by Crippen LogP contribution is -2.14. The van der Waals surface area contributed by atoms with Crippen LogP contribution in [0, 0.1) is 25.5 Å². The van der Waals surface area contributed by atoms with Crippen LogP contribution in [0.15, 0.2) is 35.3 Å². The van der Waals surface area contributed by atoms with E-state index in [2.05, 4.69) is 10.3 Å². The number of aliphatic imine (C=N–C) groups is 1. The Hall–Kier alpha value is -2.43. The number of aryl methyl sites for hydroxylation is 2. The second-order valence-corrected chi connectivity index (χ2v) is 5.50. The highest BCUT2D eigenvalue weighted by Gasteiger charge is 2.10. The lowest BCUT2D eigenvalue weighted by Gasteiger charge is -2.13. The Kier molecular flexibility index (Phi) is 5.32. The van der Waals surface area contributed by atoms with E-state index in [0.717, 1.165) is 12.1 Å². The van der Waals surface area contributed by atoms with Crippen molar-refractivity contribution in [1.82, 2.24) is 4.90 Å². The van der Waals surface area contributed by atoms with Gasteiger partial charge in [0.1, 0.15) is 11.5 Å². The van der Waals surface area contributed by atoms with Crippen molar-refractivity contribution in [2.45, 2.75) is 20.8 Å². The number of hydrogen-bond donors (Lipinski definition) is 1. The Morgan fingerprint density at radius 2 is 1.87 bits per heavy atom. The monoisotopic (exact) mass is 317 g/mol. The van der Waals surface area contributed by atoms with E-state index in [4.69, 9.17) is 0 Å². The molecule has 0 aliphatic heterocycles. The predicted molar refractivity (Wildman–Crippen MR) is 92.0 cm³/mol. The average Bonchev–Trinajstić information content (AvgIpc) is 2.53. The molecule has 0 saturated heterocycles. The quantitative estimate of drug-likeness (QED) is 0.625. The third kappa shape index (κ3) is 4.06. The van der Waals surface area contributed by atoms with Crippen LogP contribution in [0.2, 0.25) is 0 Å². The standard InChI is InChI=1S/C18H21F2N3/c1-5-23(4)11-21-17-9-13(3)16(10-14(17)19)22-15-8-6-7-12(2)18(15)20/h6-11,22H,5H2,1-4H3/b21-11+. The smallest absolute Gasteiger partial charge is 0.150 e. The number of nitrogens with zero attached hydrogens (tertiary/aromatic N) is 2. The van der Waals surface area contributed by atoms with Crippen molar-refractivity contribution in [1.29, 1.82) is 0 Å². The fourth-order valence-corrected chi connectivity index (χ4v) is 2.03. The van der Waals surface area contributed by atoms with Gasteiger partial charge in [-0.2, -0.15) is 0 Å². The molecule has 122 valence electrons. The van der Waals surface area contributed by atoms with Crippen molar-refractivity contribution in [3.8, 4) is 0 Å². The van der Waals surface area contributed by atoms with E-state index < -0.39 is 5.82 Å². The zero-order valence-electron chi connectivity index (χ0n) is 13.8. The van der Waals surface area contributed by atoms with Crippen molar-refractivity contribution < 1.29 is 8.78 Å². The normalized spacial score (nSPS) is 11.0. The van der Waals surface area contributed by atoms with Crippen molar-refractivity contribution >= 4 is 23.4 Å². The van der Waals surface area contributed by atoms with Crippen LogP contribution in [0.4, 0.5) is 25.8 Å². The molecule has 0 aliphatic carbocycles. The van der Waals surface area contributed by atoms with Gasteiger partial charge in [0.25, 0.3) is 0 Å². The van der Waals surface area contributed by atoms with Gasteiger partial charge in [0.15, 0.2) is 5.82 Å². The molecule has 2 rings (SSSR count). The highest BCUT2D eigenvalue weighted by Crippen LogP contribution is 2.29. The highest BCUT2D eigenvalue weighted by molar-refractivity contribution is 5.69. The highest BCUT2D eigenvalue weighted by atomic mass is 19.1. The summed E-state index contributed by atoms with van der Waals surface area (Å²) >= 11 is 0. The maximum Gasteiger partial charge on any atom is 0.150 e. The lowest BCUT2D eigenvalue weighted by molar-refractivity contribution is 0.551. The summed E-state index contributed by atoms with van der Waals surface area (Å²) in [4.78, 5) is 5.99. The van der Waals surface area contributed by atoms with Gasteiger partial charge in [0, 0.05) is 19.3 Å². The Balaban J connectivity index is 2.30. The summed E-state index contributed by atoms with van der Waals surface area (Å²) in [5, 5.41) is 2.95. The number of rotatable bonds is 5. The van der Waals surface area contributed by atoms with E-state index in [1.54, 1.807) is 37.5 Å². The average molecular weight is 317 g/mol. The molecule has 0 bridgehead atoms. The Labute approximate surface area is 135 Å². The van der Waals surface area contributed by atoms with Gasteiger partial charge in [-0.15, -0.1) is 0 Å². The van der Waals surface area contributed by atoms with Gasteiger partial charge in [-0.3, -0.25) is 0 Å². The number of hydrogen-bond acceptors (Lipinski definition) is 2. The minimum atomic E-state index is -0.452. The lowest BCUT2D eigenvalue weighted by atomic mass is 10.1. The zero-order chi connectivity index (χ0) is 17.0. The van der Waals surface area contributed by atoms with Crippen LogP contribution in [-0.2, 0) is 0 Å². The summed E-state index contributed by atoms with van der Waals surface area (Å²) in [6, 6.07) is 8.06. The molecule has 0 aromatic heterocycles. The first-order valence-electron chi connectivity index (χ1n) is 7.49. The predicted octanol–water partition coefficient (Wildman–Crippen LogP) is 4.94. The Morgan fingerprint density at radius 3 is 2.57 bits per heavy atom. The maximum absolute atomic E-state index is 14.2. The van der Waals surface area contributed by atoms with Crippen LogP contribution >= 0.6 is 0 Å². The van der Waals surface area contributed by atoms with Crippen LogP contribution in [0.25, 0.3) is 0 Å². The molecule has 2 aromatic carbocycles. The molecule has 1 N–H and O–H groups in total. The summed E-state index contributed by atoms with van der Waals surface area (Å²) in [5.41, 5.74) is 2.44. The van der Waals surface area contributed by atoms with Crippen LogP contribution in [0.1, 0.15) is 18.1 Å². The molecule has 23 heavy (non-hydrogen) atoms. The van der Waals surface area contributed by atoms with Crippen LogP contribution in [0.5, 0.6) is 0 Å². The summed E-state index contributed by atoms with van der Waals surface area (Å²) in [6.07, 6.45) is 1.59. The topological polar surface area (TPSA) is 27.6 Å². The van der Waals surface area contributed by atoms with Gasteiger partial charge in [0.05, 0.1) is 12.0 Å². The van der Waals surface area contributed by atoms with Crippen LogP contribution < -0.4 is 5.32 Å². The largest absolute Gasteiger partial charge is 0.366 e. The molecule has 0 fully saturated rings. The molecule has 0 atom stereocenters. The third-order valence-electron chi connectivity index (χ3n) is 3.65. The van der Waals surface area contributed by atoms with Gasteiger partial charge in [0.2, 0.25) is 0 Å². The first-order valence-corrected chi connectivity index (χ1v) is 7.49. The van der Waals surface area contributed by atoms with E-state index >= 15 is 0 Å². The molecule has 0 heterocycles. The van der Waals surface area contributed by atoms with Crippen molar-refractivity contribution in [3.05, 3.63) is 53.1 Å². The summed E-state index contributed by atoms with van der Waals surface area (Å²) in [5.74, 6) is -0.786. The van der Waals surface area contributed by atoms with Crippen LogP contribution in [0.3, 0.4) is 0 Å². The number of benzene rings is 2. The van der Waals surface area contributed by atoms with Gasteiger partial charge >= 0.3 is 0 Å². The third-order valence-corrected chi connectivity index (χ3v) is 3.65. The van der Waals surface area contributed by atoms with E-state index in [-0.39, 0.29) is 11.5 Å². The molecule has 0 radical (unpaired) electrons. The molecule has 0 amide bonds. The summed E-state index contributed by atoms with van der Waals surface area (Å²) in [6.45, 7) is 6.29. The van der Waals surface area contributed by atoms with E-state index in [1.165, 1.54) is 6.07 Å². The minimum Gasteiger partial charge on any atom is -0.366 e. The van der Waals surface area contributed by atoms with Crippen molar-refractivity contribution in [2.75, 3.05) is 18.9 Å². The second kappa shape index (κ2) is 7.22. The van der Waals surface area contributed by atoms with Gasteiger partial charge in [-0.05, 0) is 50.1 Å². The molecule has 5 heteroatoms. The van der Waals surface area contributed by atoms with Gasteiger partial charge < -0.3 is 10.2 Å². The first kappa shape index (κ1) is 16.9. The van der Waals surface area contributed by atoms with Crippen molar-refractivity contribution in [3.63, 3.8) is 0 Å². The van der Waals surface area contributed by atoms with E-state index in [9.17, 15) is 8.78 Å². The number of anilines is 2. The summed E-state index contributed by atoms with van der Waals surface area (Å²) in [7, 11) is 1.87. The fourth-order valence-electron chi connectivity index (χ4n) is 2.03. The molecule has 0 unspecified atom stereocenters. The fraction of sp³-hybridized carbons (Fsp3) is 0.278. The van der Waals surface area contributed by atoms with Gasteiger partial charge in [-0.1, -0.05) is 12.1 Å². The first-order chi connectivity index (χ1) is 10.9. The Morgan fingerprint density at radius 1 is 1.13 bits per heavy atom. The molecule has 2 aromatic rings. The summed E-state index contributed by atoms with van der Waals surface area (Å²) < 4.78 is 28.3. The van der Waals surface area contributed by atoms with Crippen LogP contribution in [-0.4, -0.2) is 24.8 Å². The molecule has 3 nitrogen and oxygen atoms in total. The SMILES string of the molecule is CCN(C)/C=N/c1cc(C)c(Nc2cccc(C)c2F)cc1F. The minimum absolute atomic E-state index is 0.262. The Bertz CT molecular complexity index is 726. The van der Waals surface area contributed by atoms with E-state index in [1.807, 2.05) is 25.8 Å². The van der Waals surface area contributed by atoms with Gasteiger partial charge in [-0.25, -0.2) is 13.8 Å². The molecule has 0 saturated carbocycles.